The number of amides is 1. The van der Waals surface area contributed by atoms with Crippen LogP contribution in [-0.4, -0.2) is 11.9 Å². The molecule has 1 amide bonds. The van der Waals surface area contributed by atoms with Crippen LogP contribution in [0.3, 0.4) is 0 Å². The highest BCUT2D eigenvalue weighted by atomic mass is 16.1. The maximum Gasteiger partial charge on any atom is 0.220 e. The van der Waals surface area contributed by atoms with E-state index in [-0.39, 0.29) is 5.91 Å². The summed E-state index contributed by atoms with van der Waals surface area (Å²) in [4.78, 5) is 11.3. The Morgan fingerprint density at radius 1 is 1.38 bits per heavy atom. The SMILES string of the molecule is CC(C)(C)CCCC(=O)NC1CC1. The van der Waals surface area contributed by atoms with Crippen LogP contribution in [0.15, 0.2) is 0 Å². The number of carbonyl (C=O) groups is 1. The van der Waals surface area contributed by atoms with E-state index in [1.54, 1.807) is 0 Å². The molecule has 1 rings (SSSR count). The van der Waals surface area contributed by atoms with Crippen molar-refractivity contribution in [2.24, 2.45) is 5.41 Å². The van der Waals surface area contributed by atoms with Gasteiger partial charge in [0.1, 0.15) is 0 Å². The third kappa shape index (κ3) is 5.67. The molecule has 0 spiro atoms. The molecule has 13 heavy (non-hydrogen) atoms. The zero-order chi connectivity index (χ0) is 9.90. The molecule has 0 saturated heterocycles. The van der Waals surface area contributed by atoms with E-state index in [2.05, 4.69) is 26.1 Å². The molecule has 0 aromatic carbocycles. The van der Waals surface area contributed by atoms with Gasteiger partial charge in [-0.1, -0.05) is 20.8 Å². The molecule has 0 aromatic rings. The molecule has 76 valence electrons. The van der Waals surface area contributed by atoms with Crippen LogP contribution in [0, 0.1) is 5.41 Å². The van der Waals surface area contributed by atoms with Gasteiger partial charge in [-0.15, -0.1) is 0 Å². The van der Waals surface area contributed by atoms with Crippen LogP contribution in [0.2, 0.25) is 0 Å². The predicted molar refractivity (Wildman–Crippen MR) is 54.5 cm³/mol. The molecule has 1 aliphatic carbocycles. The lowest BCUT2D eigenvalue weighted by molar-refractivity contribution is -0.121. The summed E-state index contributed by atoms with van der Waals surface area (Å²) in [6, 6.07) is 0.516. The van der Waals surface area contributed by atoms with E-state index >= 15 is 0 Å². The first-order valence-corrected chi connectivity index (χ1v) is 5.27. The summed E-state index contributed by atoms with van der Waals surface area (Å²) in [6.45, 7) is 6.64. The summed E-state index contributed by atoms with van der Waals surface area (Å²) in [6.07, 6.45) is 5.22. The lowest BCUT2D eigenvalue weighted by atomic mass is 9.90. The molecule has 1 saturated carbocycles. The van der Waals surface area contributed by atoms with Gasteiger partial charge in [0.05, 0.1) is 0 Å². The third-order valence-corrected chi connectivity index (χ3v) is 2.27. The van der Waals surface area contributed by atoms with Crippen LogP contribution < -0.4 is 5.32 Å². The number of nitrogens with one attached hydrogen (secondary N) is 1. The summed E-state index contributed by atoms with van der Waals surface area (Å²) in [7, 11) is 0. The fraction of sp³-hybridized carbons (Fsp3) is 0.909. The van der Waals surface area contributed by atoms with E-state index in [1.165, 1.54) is 12.8 Å². The van der Waals surface area contributed by atoms with Crippen LogP contribution in [0.1, 0.15) is 52.9 Å². The fourth-order valence-corrected chi connectivity index (χ4v) is 1.31. The minimum absolute atomic E-state index is 0.242. The van der Waals surface area contributed by atoms with Gasteiger partial charge in [0.25, 0.3) is 0 Å². The van der Waals surface area contributed by atoms with Crippen molar-refractivity contribution in [2.75, 3.05) is 0 Å². The molecule has 0 heterocycles. The lowest BCUT2D eigenvalue weighted by Gasteiger charge is -2.17. The topological polar surface area (TPSA) is 29.1 Å². The largest absolute Gasteiger partial charge is 0.353 e. The fourth-order valence-electron chi connectivity index (χ4n) is 1.31. The summed E-state index contributed by atoms with van der Waals surface area (Å²) in [5.41, 5.74) is 0.361. The first-order chi connectivity index (χ1) is 5.97. The Labute approximate surface area is 81.1 Å². The van der Waals surface area contributed by atoms with Gasteiger partial charge < -0.3 is 5.32 Å². The van der Waals surface area contributed by atoms with E-state index in [1.807, 2.05) is 0 Å². The molecule has 2 nitrogen and oxygen atoms in total. The van der Waals surface area contributed by atoms with Gasteiger partial charge in [-0.05, 0) is 31.1 Å². The maximum atomic E-state index is 11.3. The zero-order valence-corrected chi connectivity index (χ0v) is 9.02. The van der Waals surface area contributed by atoms with Gasteiger partial charge in [0.2, 0.25) is 5.91 Å². The van der Waals surface area contributed by atoms with Gasteiger partial charge in [-0.2, -0.15) is 0 Å². The standard InChI is InChI=1S/C11H21NO/c1-11(2,3)8-4-5-10(13)12-9-6-7-9/h9H,4-8H2,1-3H3,(H,12,13). The van der Waals surface area contributed by atoms with Crippen molar-refractivity contribution in [2.45, 2.75) is 58.9 Å². The normalized spacial score (nSPS) is 17.2. The van der Waals surface area contributed by atoms with Crippen LogP contribution >= 0.6 is 0 Å². The molecule has 0 aliphatic heterocycles. The number of hydrogen-bond donors (Lipinski definition) is 1. The first-order valence-electron chi connectivity index (χ1n) is 5.27. The minimum atomic E-state index is 0.242. The Morgan fingerprint density at radius 2 is 2.00 bits per heavy atom. The van der Waals surface area contributed by atoms with Crippen molar-refractivity contribution in [1.29, 1.82) is 0 Å². The molecule has 0 unspecified atom stereocenters. The molecule has 1 N–H and O–H groups in total. The maximum absolute atomic E-state index is 11.3. The van der Waals surface area contributed by atoms with Gasteiger partial charge in [0, 0.05) is 12.5 Å². The van der Waals surface area contributed by atoms with Crippen molar-refractivity contribution in [3.63, 3.8) is 0 Å². The van der Waals surface area contributed by atoms with Crippen LogP contribution in [-0.2, 0) is 4.79 Å². The predicted octanol–water partition coefficient (Wildman–Crippen LogP) is 2.48. The average Bonchev–Trinajstić information content (AvgIpc) is 2.68. The van der Waals surface area contributed by atoms with Gasteiger partial charge in [0.15, 0.2) is 0 Å². The van der Waals surface area contributed by atoms with Crippen LogP contribution in [0.25, 0.3) is 0 Å². The third-order valence-electron chi connectivity index (χ3n) is 2.27. The van der Waals surface area contributed by atoms with Crippen LogP contribution in [0.5, 0.6) is 0 Å². The van der Waals surface area contributed by atoms with Crippen molar-refractivity contribution in [3.05, 3.63) is 0 Å². The second-order valence-electron chi connectivity index (χ2n) is 5.26. The van der Waals surface area contributed by atoms with Crippen molar-refractivity contribution in [3.8, 4) is 0 Å². The number of rotatable bonds is 4. The Balaban J connectivity index is 2.01. The Kier molecular flexibility index (Phi) is 3.34. The smallest absolute Gasteiger partial charge is 0.220 e. The Morgan fingerprint density at radius 3 is 2.46 bits per heavy atom. The number of hydrogen-bond acceptors (Lipinski definition) is 1. The molecule has 0 aromatic heterocycles. The number of carbonyl (C=O) groups excluding carboxylic acids is 1. The van der Waals surface area contributed by atoms with Crippen LogP contribution in [0.4, 0.5) is 0 Å². The Hall–Kier alpha value is -0.530. The summed E-state index contributed by atoms with van der Waals surface area (Å²) in [5, 5.41) is 3.00. The van der Waals surface area contributed by atoms with Crippen molar-refractivity contribution >= 4 is 5.91 Å². The van der Waals surface area contributed by atoms with Crippen molar-refractivity contribution in [1.82, 2.24) is 5.32 Å². The Bertz CT molecular complexity index is 177. The molecule has 1 aliphatic rings. The lowest BCUT2D eigenvalue weighted by Crippen LogP contribution is -2.25. The van der Waals surface area contributed by atoms with Gasteiger partial charge in [-0.3, -0.25) is 4.79 Å². The molecule has 1 fully saturated rings. The first kappa shape index (κ1) is 10.6. The molecular weight excluding hydrogens is 162 g/mol. The van der Waals surface area contributed by atoms with E-state index in [4.69, 9.17) is 0 Å². The zero-order valence-electron chi connectivity index (χ0n) is 9.02. The second kappa shape index (κ2) is 4.12. The molecule has 0 bridgehead atoms. The highest BCUT2D eigenvalue weighted by Crippen LogP contribution is 2.22. The van der Waals surface area contributed by atoms with E-state index in [9.17, 15) is 4.79 Å². The minimum Gasteiger partial charge on any atom is -0.353 e. The quantitative estimate of drug-likeness (QED) is 0.712. The molecule has 0 atom stereocenters. The monoisotopic (exact) mass is 183 g/mol. The summed E-state index contributed by atoms with van der Waals surface area (Å²) < 4.78 is 0. The average molecular weight is 183 g/mol. The van der Waals surface area contributed by atoms with E-state index in [0.29, 0.717) is 17.9 Å². The molecule has 0 radical (unpaired) electrons. The van der Waals surface area contributed by atoms with Gasteiger partial charge in [-0.25, -0.2) is 0 Å². The molecular formula is C11H21NO. The summed E-state index contributed by atoms with van der Waals surface area (Å²) in [5.74, 6) is 0.242. The van der Waals surface area contributed by atoms with E-state index < -0.39 is 0 Å². The highest BCUT2D eigenvalue weighted by molar-refractivity contribution is 5.76. The molecule has 2 heteroatoms. The highest BCUT2D eigenvalue weighted by Gasteiger charge is 2.23. The summed E-state index contributed by atoms with van der Waals surface area (Å²) >= 11 is 0. The van der Waals surface area contributed by atoms with E-state index in [0.717, 1.165) is 12.8 Å². The van der Waals surface area contributed by atoms with Gasteiger partial charge >= 0.3 is 0 Å². The van der Waals surface area contributed by atoms with Crippen molar-refractivity contribution < 1.29 is 4.79 Å². The second-order valence-corrected chi connectivity index (χ2v) is 5.26.